The topological polar surface area (TPSA) is 44.8 Å². The minimum atomic E-state index is -0.243. The molecule has 1 aromatic carbocycles. The highest BCUT2D eigenvalue weighted by Gasteiger charge is 2.24. The molecule has 0 aromatic heterocycles. The number of rotatable bonds is 2. The second kappa shape index (κ2) is 4.86. The Kier molecular flexibility index (Phi) is 3.06. The van der Waals surface area contributed by atoms with E-state index in [1.54, 1.807) is 4.90 Å². The number of carbonyl (C=O) groups is 1. The highest BCUT2D eigenvalue weighted by molar-refractivity contribution is 5.90. The molecule has 96 valence electrons. The summed E-state index contributed by atoms with van der Waals surface area (Å²) < 4.78 is 4.97. The van der Waals surface area contributed by atoms with Crippen LogP contribution in [0.15, 0.2) is 24.3 Å². The van der Waals surface area contributed by atoms with E-state index in [9.17, 15) is 4.79 Å². The largest absolute Gasteiger partial charge is 0.447 e. The molecule has 0 spiro atoms. The van der Waals surface area contributed by atoms with Gasteiger partial charge in [0.05, 0.1) is 6.54 Å². The van der Waals surface area contributed by atoms with Crippen LogP contribution in [-0.4, -0.2) is 45.4 Å². The molecule has 1 amide bonds. The van der Waals surface area contributed by atoms with Crippen molar-refractivity contribution in [3.8, 4) is 0 Å². The maximum absolute atomic E-state index is 11.5. The molecule has 0 unspecified atom stereocenters. The molecular formula is C13H17N3O2. The van der Waals surface area contributed by atoms with Gasteiger partial charge in [-0.25, -0.2) is 4.79 Å². The van der Waals surface area contributed by atoms with E-state index in [4.69, 9.17) is 4.74 Å². The molecule has 5 heteroatoms. The van der Waals surface area contributed by atoms with Crippen LogP contribution in [0, 0.1) is 0 Å². The standard InChI is InChI=1S/C13H17N3O2/c17-13-16(8-9-18-13)12-3-1-2-11(10-12)15-6-4-14-5-7-15/h1-3,10,14H,4-9H2. The number of hydrogen-bond acceptors (Lipinski definition) is 4. The zero-order valence-electron chi connectivity index (χ0n) is 10.3. The van der Waals surface area contributed by atoms with Crippen molar-refractivity contribution in [2.75, 3.05) is 49.1 Å². The van der Waals surface area contributed by atoms with Gasteiger partial charge in [0.15, 0.2) is 0 Å². The SMILES string of the molecule is O=C1OCCN1c1cccc(N2CCNCC2)c1. The molecule has 2 heterocycles. The predicted octanol–water partition coefficient (Wildman–Crippen LogP) is 1.05. The van der Waals surface area contributed by atoms with Gasteiger partial charge in [0.25, 0.3) is 0 Å². The second-order valence-electron chi connectivity index (χ2n) is 4.52. The van der Waals surface area contributed by atoms with E-state index < -0.39 is 0 Å². The van der Waals surface area contributed by atoms with E-state index in [-0.39, 0.29) is 6.09 Å². The van der Waals surface area contributed by atoms with E-state index in [0.29, 0.717) is 13.2 Å². The van der Waals surface area contributed by atoms with Crippen LogP contribution in [0.2, 0.25) is 0 Å². The van der Waals surface area contributed by atoms with Crippen molar-refractivity contribution in [3.63, 3.8) is 0 Å². The summed E-state index contributed by atoms with van der Waals surface area (Å²) in [6.45, 7) is 5.16. The third kappa shape index (κ3) is 2.13. The molecule has 2 saturated heterocycles. The van der Waals surface area contributed by atoms with Crippen molar-refractivity contribution in [3.05, 3.63) is 24.3 Å². The number of nitrogens with zero attached hydrogens (tertiary/aromatic N) is 2. The number of piperazine rings is 1. The molecule has 0 atom stereocenters. The van der Waals surface area contributed by atoms with Crippen LogP contribution in [0.25, 0.3) is 0 Å². The van der Waals surface area contributed by atoms with Crippen LogP contribution in [0.1, 0.15) is 0 Å². The van der Waals surface area contributed by atoms with E-state index >= 15 is 0 Å². The monoisotopic (exact) mass is 247 g/mol. The first-order valence-electron chi connectivity index (χ1n) is 6.34. The molecule has 2 aliphatic heterocycles. The smallest absolute Gasteiger partial charge is 0.414 e. The number of carbonyl (C=O) groups excluding carboxylic acids is 1. The van der Waals surface area contributed by atoms with Crippen molar-refractivity contribution in [1.82, 2.24) is 5.32 Å². The fourth-order valence-electron chi connectivity index (χ4n) is 2.41. The number of amides is 1. The van der Waals surface area contributed by atoms with Gasteiger partial charge in [0.2, 0.25) is 0 Å². The normalized spacial score (nSPS) is 20.1. The van der Waals surface area contributed by atoms with Gasteiger partial charge < -0.3 is 15.0 Å². The Morgan fingerprint density at radius 1 is 1.11 bits per heavy atom. The Hall–Kier alpha value is -1.75. The lowest BCUT2D eigenvalue weighted by Gasteiger charge is -2.30. The Labute approximate surface area is 106 Å². The summed E-state index contributed by atoms with van der Waals surface area (Å²) in [4.78, 5) is 15.6. The average molecular weight is 247 g/mol. The first kappa shape index (κ1) is 11.3. The average Bonchev–Trinajstić information content (AvgIpc) is 2.86. The van der Waals surface area contributed by atoms with E-state index in [1.165, 1.54) is 5.69 Å². The van der Waals surface area contributed by atoms with Gasteiger partial charge in [-0.05, 0) is 18.2 Å². The molecule has 0 aliphatic carbocycles. The highest BCUT2D eigenvalue weighted by atomic mass is 16.6. The molecule has 5 nitrogen and oxygen atoms in total. The summed E-state index contributed by atoms with van der Waals surface area (Å²) in [5.74, 6) is 0. The van der Waals surface area contributed by atoms with Crippen LogP contribution >= 0.6 is 0 Å². The molecule has 2 aliphatic rings. The number of cyclic esters (lactones) is 1. The predicted molar refractivity (Wildman–Crippen MR) is 70.2 cm³/mol. The molecule has 2 fully saturated rings. The highest BCUT2D eigenvalue weighted by Crippen LogP contribution is 2.24. The van der Waals surface area contributed by atoms with Gasteiger partial charge in [-0.15, -0.1) is 0 Å². The second-order valence-corrected chi connectivity index (χ2v) is 4.52. The molecule has 0 radical (unpaired) electrons. The van der Waals surface area contributed by atoms with Gasteiger partial charge >= 0.3 is 6.09 Å². The van der Waals surface area contributed by atoms with Crippen molar-refractivity contribution in [1.29, 1.82) is 0 Å². The van der Waals surface area contributed by atoms with Crippen LogP contribution in [0.4, 0.5) is 16.2 Å². The zero-order chi connectivity index (χ0) is 12.4. The fourth-order valence-corrected chi connectivity index (χ4v) is 2.41. The van der Waals surface area contributed by atoms with E-state index in [1.807, 2.05) is 12.1 Å². The van der Waals surface area contributed by atoms with Gasteiger partial charge in [0.1, 0.15) is 6.61 Å². The number of benzene rings is 1. The first-order valence-corrected chi connectivity index (χ1v) is 6.34. The molecular weight excluding hydrogens is 230 g/mol. The third-order valence-corrected chi connectivity index (χ3v) is 3.38. The minimum absolute atomic E-state index is 0.243. The number of ether oxygens (including phenoxy) is 1. The van der Waals surface area contributed by atoms with Gasteiger partial charge in [-0.3, -0.25) is 4.90 Å². The molecule has 0 bridgehead atoms. The van der Waals surface area contributed by atoms with E-state index in [0.717, 1.165) is 31.9 Å². The van der Waals surface area contributed by atoms with Crippen molar-refractivity contribution in [2.45, 2.75) is 0 Å². The maximum atomic E-state index is 11.5. The Bertz CT molecular complexity index is 444. The first-order chi connectivity index (χ1) is 8.84. The number of hydrogen-bond donors (Lipinski definition) is 1. The third-order valence-electron chi connectivity index (χ3n) is 3.38. The molecule has 18 heavy (non-hydrogen) atoms. The summed E-state index contributed by atoms with van der Waals surface area (Å²) in [6.07, 6.45) is -0.243. The van der Waals surface area contributed by atoms with Gasteiger partial charge in [-0.2, -0.15) is 0 Å². The number of nitrogens with one attached hydrogen (secondary N) is 1. The quantitative estimate of drug-likeness (QED) is 0.848. The summed E-state index contributed by atoms with van der Waals surface area (Å²) in [6, 6.07) is 8.12. The molecule has 0 saturated carbocycles. The summed E-state index contributed by atoms with van der Waals surface area (Å²) >= 11 is 0. The van der Waals surface area contributed by atoms with Gasteiger partial charge in [0, 0.05) is 37.6 Å². The van der Waals surface area contributed by atoms with Crippen molar-refractivity contribution < 1.29 is 9.53 Å². The van der Waals surface area contributed by atoms with Crippen molar-refractivity contribution >= 4 is 17.5 Å². The van der Waals surface area contributed by atoms with Crippen LogP contribution in [-0.2, 0) is 4.74 Å². The lowest BCUT2D eigenvalue weighted by molar-refractivity contribution is 0.181. The molecule has 1 aromatic rings. The van der Waals surface area contributed by atoms with Crippen LogP contribution < -0.4 is 15.1 Å². The van der Waals surface area contributed by atoms with E-state index in [2.05, 4.69) is 22.3 Å². The fraction of sp³-hybridized carbons (Fsp3) is 0.462. The van der Waals surface area contributed by atoms with Gasteiger partial charge in [-0.1, -0.05) is 6.07 Å². The zero-order valence-corrected chi connectivity index (χ0v) is 10.3. The lowest BCUT2D eigenvalue weighted by Crippen LogP contribution is -2.43. The Morgan fingerprint density at radius 2 is 1.89 bits per heavy atom. The Balaban J connectivity index is 1.82. The summed E-state index contributed by atoms with van der Waals surface area (Å²) in [7, 11) is 0. The Morgan fingerprint density at radius 3 is 2.61 bits per heavy atom. The summed E-state index contributed by atoms with van der Waals surface area (Å²) in [5.41, 5.74) is 2.10. The van der Waals surface area contributed by atoms with Crippen LogP contribution in [0.3, 0.4) is 0 Å². The molecule has 1 N–H and O–H groups in total. The lowest BCUT2D eigenvalue weighted by atomic mass is 10.2. The van der Waals surface area contributed by atoms with Crippen molar-refractivity contribution in [2.24, 2.45) is 0 Å². The molecule has 3 rings (SSSR count). The summed E-state index contributed by atoms with van der Waals surface area (Å²) in [5, 5.41) is 3.34. The minimum Gasteiger partial charge on any atom is -0.447 e. The van der Waals surface area contributed by atoms with Crippen LogP contribution in [0.5, 0.6) is 0 Å². The number of anilines is 2. The maximum Gasteiger partial charge on any atom is 0.414 e.